The van der Waals surface area contributed by atoms with Crippen LogP contribution in [0.2, 0.25) is 10.3 Å². The fraction of sp³-hybridized carbons (Fsp3) is 0.188. The van der Waals surface area contributed by atoms with Crippen molar-refractivity contribution in [2.45, 2.75) is 19.3 Å². The first-order chi connectivity index (χ1) is 10.5. The minimum Gasteiger partial charge on any atom is -0.438 e. The van der Waals surface area contributed by atoms with Gasteiger partial charge in [-0.1, -0.05) is 53.5 Å². The lowest BCUT2D eigenvalue weighted by Gasteiger charge is -2.21. The smallest absolute Gasteiger partial charge is 0.265 e. The van der Waals surface area contributed by atoms with Crippen molar-refractivity contribution in [3.63, 3.8) is 0 Å². The predicted molar refractivity (Wildman–Crippen MR) is 86.1 cm³/mol. The van der Waals surface area contributed by atoms with Crippen LogP contribution in [0.15, 0.2) is 47.0 Å². The molecule has 0 bridgehead atoms. The molecule has 0 fully saturated rings. The molecule has 3 aromatic rings. The summed E-state index contributed by atoms with van der Waals surface area (Å²) in [5, 5.41) is 0.495. The number of nitrogens with zero attached hydrogens (tertiary/aromatic N) is 3. The molecule has 2 aromatic heterocycles. The van der Waals surface area contributed by atoms with Crippen LogP contribution in [0.4, 0.5) is 0 Å². The molecule has 4 nitrogen and oxygen atoms in total. The summed E-state index contributed by atoms with van der Waals surface area (Å²) in [6.07, 6.45) is 1.68. The molecule has 1 aromatic carbocycles. The molecule has 0 aliphatic carbocycles. The predicted octanol–water partition coefficient (Wildman–Crippen LogP) is 4.76. The van der Waals surface area contributed by atoms with E-state index in [-0.39, 0.29) is 21.5 Å². The number of hydrogen-bond acceptors (Lipinski definition) is 4. The summed E-state index contributed by atoms with van der Waals surface area (Å²) >= 11 is 11.8. The minimum atomic E-state index is -0.325. The monoisotopic (exact) mass is 333 g/mol. The molecule has 0 unspecified atom stereocenters. The standard InChI is InChI=1S/C16H13Cl2N3O/c1-16(2,10-6-4-3-5-7-10)11-9-19-15(22-11)14-20-12(17)8-13(18)21-14/h3-9H,1-2H3. The summed E-state index contributed by atoms with van der Waals surface area (Å²) in [4.78, 5) is 12.4. The highest BCUT2D eigenvalue weighted by atomic mass is 35.5. The number of halogens is 2. The van der Waals surface area contributed by atoms with Crippen LogP contribution in [0.3, 0.4) is 0 Å². The van der Waals surface area contributed by atoms with E-state index in [1.54, 1.807) is 6.20 Å². The van der Waals surface area contributed by atoms with Gasteiger partial charge in [0, 0.05) is 11.5 Å². The van der Waals surface area contributed by atoms with Crippen molar-refractivity contribution in [3.8, 4) is 11.7 Å². The lowest BCUT2D eigenvalue weighted by Crippen LogP contribution is -2.17. The summed E-state index contributed by atoms with van der Waals surface area (Å²) in [5.41, 5.74) is 0.803. The van der Waals surface area contributed by atoms with E-state index in [1.165, 1.54) is 6.07 Å². The molecule has 0 aliphatic heterocycles. The van der Waals surface area contributed by atoms with E-state index in [4.69, 9.17) is 27.6 Å². The van der Waals surface area contributed by atoms with E-state index in [2.05, 4.69) is 40.9 Å². The molecule has 0 N–H and O–H groups in total. The fourth-order valence-electron chi connectivity index (χ4n) is 2.15. The highest BCUT2D eigenvalue weighted by molar-refractivity contribution is 6.33. The summed E-state index contributed by atoms with van der Waals surface area (Å²) in [6, 6.07) is 11.5. The van der Waals surface area contributed by atoms with Gasteiger partial charge >= 0.3 is 0 Å². The van der Waals surface area contributed by atoms with E-state index in [0.717, 1.165) is 5.56 Å². The van der Waals surface area contributed by atoms with Gasteiger partial charge in [-0.15, -0.1) is 0 Å². The molecule has 3 rings (SSSR count). The van der Waals surface area contributed by atoms with Gasteiger partial charge in [0.25, 0.3) is 5.89 Å². The Morgan fingerprint density at radius 2 is 1.64 bits per heavy atom. The maximum absolute atomic E-state index is 5.89. The lowest BCUT2D eigenvalue weighted by atomic mass is 9.83. The Balaban J connectivity index is 2.00. The number of benzene rings is 1. The van der Waals surface area contributed by atoms with Crippen LogP contribution in [0.1, 0.15) is 25.2 Å². The fourth-order valence-corrected chi connectivity index (χ4v) is 2.57. The zero-order chi connectivity index (χ0) is 15.7. The summed E-state index contributed by atoms with van der Waals surface area (Å²) < 4.78 is 5.85. The van der Waals surface area contributed by atoms with Gasteiger partial charge in [0.1, 0.15) is 16.1 Å². The second-order valence-electron chi connectivity index (χ2n) is 5.36. The van der Waals surface area contributed by atoms with Crippen LogP contribution in [0, 0.1) is 0 Å². The first kappa shape index (κ1) is 15.0. The maximum Gasteiger partial charge on any atom is 0.265 e. The molecular weight excluding hydrogens is 321 g/mol. The second kappa shape index (κ2) is 5.71. The topological polar surface area (TPSA) is 51.8 Å². The zero-order valence-electron chi connectivity index (χ0n) is 12.0. The zero-order valence-corrected chi connectivity index (χ0v) is 13.6. The van der Waals surface area contributed by atoms with Crippen molar-refractivity contribution in [1.29, 1.82) is 0 Å². The van der Waals surface area contributed by atoms with Gasteiger partial charge in [-0.2, -0.15) is 0 Å². The van der Waals surface area contributed by atoms with Gasteiger partial charge in [0.2, 0.25) is 5.82 Å². The Bertz CT molecular complexity index is 780. The van der Waals surface area contributed by atoms with Crippen molar-refractivity contribution in [3.05, 3.63) is 64.2 Å². The summed E-state index contributed by atoms with van der Waals surface area (Å²) in [7, 11) is 0. The highest BCUT2D eigenvalue weighted by Gasteiger charge is 2.28. The number of hydrogen-bond donors (Lipinski definition) is 0. The molecule has 0 saturated heterocycles. The molecule has 0 radical (unpaired) electrons. The van der Waals surface area contributed by atoms with Gasteiger partial charge in [0.15, 0.2) is 0 Å². The molecule has 6 heteroatoms. The molecule has 0 amide bonds. The van der Waals surface area contributed by atoms with E-state index < -0.39 is 0 Å². The first-order valence-electron chi connectivity index (χ1n) is 6.69. The normalized spacial score (nSPS) is 11.6. The van der Waals surface area contributed by atoms with Gasteiger partial charge < -0.3 is 4.42 Å². The van der Waals surface area contributed by atoms with E-state index in [9.17, 15) is 0 Å². The average molecular weight is 334 g/mol. The van der Waals surface area contributed by atoms with Crippen LogP contribution in [-0.2, 0) is 5.41 Å². The van der Waals surface area contributed by atoms with Crippen molar-refractivity contribution in [1.82, 2.24) is 15.0 Å². The molecule has 112 valence electrons. The molecule has 0 saturated carbocycles. The summed E-state index contributed by atoms with van der Waals surface area (Å²) in [6.45, 7) is 4.14. The van der Waals surface area contributed by atoms with Gasteiger partial charge in [-0.25, -0.2) is 15.0 Å². The Kier molecular flexibility index (Phi) is 3.89. The van der Waals surface area contributed by atoms with Crippen LogP contribution >= 0.6 is 23.2 Å². The summed E-state index contributed by atoms with van der Waals surface area (Å²) in [5.74, 6) is 1.28. The van der Waals surface area contributed by atoms with Crippen molar-refractivity contribution in [2.24, 2.45) is 0 Å². The third kappa shape index (κ3) is 2.85. The Morgan fingerprint density at radius 1 is 1.00 bits per heavy atom. The number of rotatable bonds is 3. The third-order valence-corrected chi connectivity index (χ3v) is 3.86. The third-order valence-electron chi connectivity index (χ3n) is 3.47. The Morgan fingerprint density at radius 3 is 2.27 bits per heavy atom. The first-order valence-corrected chi connectivity index (χ1v) is 7.45. The Labute approximate surface area is 138 Å². The van der Waals surface area contributed by atoms with Crippen molar-refractivity contribution in [2.75, 3.05) is 0 Å². The average Bonchev–Trinajstić information content (AvgIpc) is 2.98. The van der Waals surface area contributed by atoms with E-state index >= 15 is 0 Å². The van der Waals surface area contributed by atoms with Gasteiger partial charge in [-0.3, -0.25) is 0 Å². The Hall–Kier alpha value is -1.91. The van der Waals surface area contributed by atoms with Crippen molar-refractivity contribution >= 4 is 23.2 Å². The largest absolute Gasteiger partial charge is 0.438 e. The lowest BCUT2D eigenvalue weighted by molar-refractivity contribution is 0.434. The van der Waals surface area contributed by atoms with Crippen LogP contribution in [0.5, 0.6) is 0 Å². The van der Waals surface area contributed by atoms with Crippen molar-refractivity contribution < 1.29 is 4.42 Å². The number of oxazole rings is 1. The molecule has 0 aliphatic rings. The molecular formula is C16H13Cl2N3O. The van der Waals surface area contributed by atoms with E-state index in [0.29, 0.717) is 11.7 Å². The number of aromatic nitrogens is 3. The van der Waals surface area contributed by atoms with Crippen LogP contribution in [0.25, 0.3) is 11.7 Å². The maximum atomic E-state index is 5.89. The van der Waals surface area contributed by atoms with E-state index in [1.807, 2.05) is 18.2 Å². The SMILES string of the molecule is CC(C)(c1ccccc1)c1cnc(-c2nc(Cl)cc(Cl)n2)o1. The van der Waals surface area contributed by atoms with Gasteiger partial charge in [0.05, 0.1) is 6.20 Å². The quantitative estimate of drug-likeness (QED) is 0.648. The second-order valence-corrected chi connectivity index (χ2v) is 6.13. The molecule has 2 heterocycles. The molecule has 0 atom stereocenters. The highest BCUT2D eigenvalue weighted by Crippen LogP contribution is 2.33. The molecule has 22 heavy (non-hydrogen) atoms. The molecule has 0 spiro atoms. The van der Waals surface area contributed by atoms with Crippen LogP contribution in [-0.4, -0.2) is 15.0 Å². The van der Waals surface area contributed by atoms with Crippen LogP contribution < -0.4 is 0 Å². The van der Waals surface area contributed by atoms with Gasteiger partial charge in [-0.05, 0) is 19.4 Å². The minimum absolute atomic E-state index is 0.247.